The Kier molecular flexibility index (Phi) is 8.15. The van der Waals surface area contributed by atoms with E-state index in [9.17, 15) is 4.79 Å². The van der Waals surface area contributed by atoms with Gasteiger partial charge in [0, 0.05) is 12.4 Å². The zero-order valence-corrected chi connectivity index (χ0v) is 12.6. The summed E-state index contributed by atoms with van der Waals surface area (Å²) in [5.41, 5.74) is 1.93. The van der Waals surface area contributed by atoms with Gasteiger partial charge >= 0.3 is 0 Å². The van der Waals surface area contributed by atoms with Crippen molar-refractivity contribution in [3.63, 3.8) is 0 Å². The third kappa shape index (κ3) is 7.63. The molecule has 0 fully saturated rings. The first-order valence-electron chi connectivity index (χ1n) is 7.11. The van der Waals surface area contributed by atoms with Crippen molar-refractivity contribution in [2.24, 2.45) is 0 Å². The van der Waals surface area contributed by atoms with Crippen LogP contribution in [0.5, 0.6) is 0 Å². The molecule has 0 spiro atoms. The van der Waals surface area contributed by atoms with E-state index in [0.29, 0.717) is 0 Å². The Balaban J connectivity index is 0.000000677. The second-order valence-corrected chi connectivity index (χ2v) is 4.47. The fourth-order valence-corrected chi connectivity index (χ4v) is 1.45. The van der Waals surface area contributed by atoms with Crippen molar-refractivity contribution in [1.29, 1.82) is 0 Å². The molecule has 2 nitrogen and oxygen atoms in total. The number of ketones is 1. The van der Waals surface area contributed by atoms with Gasteiger partial charge in [-0.25, -0.2) is 0 Å². The van der Waals surface area contributed by atoms with Crippen LogP contribution in [0.4, 0.5) is 0 Å². The van der Waals surface area contributed by atoms with Crippen molar-refractivity contribution in [2.75, 3.05) is 0 Å². The van der Waals surface area contributed by atoms with Crippen LogP contribution in [-0.2, 0) is 4.79 Å². The Bertz CT molecular complexity index is 520. The molecule has 1 aromatic carbocycles. The minimum Gasteiger partial charge on any atom is -0.290 e. The van der Waals surface area contributed by atoms with E-state index < -0.39 is 0 Å². The lowest BCUT2D eigenvalue weighted by Gasteiger charge is -1.90. The highest BCUT2D eigenvalue weighted by molar-refractivity contribution is 6.04. The molecule has 0 N–H and O–H groups in total. The van der Waals surface area contributed by atoms with Crippen LogP contribution in [0.1, 0.15) is 31.4 Å². The molecular formula is C19H21NO. The van der Waals surface area contributed by atoms with Crippen LogP contribution in [0.3, 0.4) is 0 Å². The van der Waals surface area contributed by atoms with Gasteiger partial charge in [-0.2, -0.15) is 0 Å². The molecule has 0 amide bonds. The normalized spacial score (nSPS) is 10.4. The van der Waals surface area contributed by atoms with Crippen molar-refractivity contribution in [2.45, 2.75) is 20.3 Å². The molecule has 0 bridgehead atoms. The second-order valence-electron chi connectivity index (χ2n) is 4.47. The number of aromatic nitrogens is 1. The van der Waals surface area contributed by atoms with E-state index in [1.165, 1.54) is 12.5 Å². The maximum Gasteiger partial charge on any atom is 0.178 e. The van der Waals surface area contributed by atoms with Crippen molar-refractivity contribution in [3.8, 4) is 0 Å². The van der Waals surface area contributed by atoms with Gasteiger partial charge in [-0.1, -0.05) is 62.7 Å². The van der Waals surface area contributed by atoms with E-state index in [1.807, 2.05) is 42.5 Å². The van der Waals surface area contributed by atoms with E-state index in [2.05, 4.69) is 18.8 Å². The van der Waals surface area contributed by atoms with E-state index >= 15 is 0 Å². The lowest BCUT2D eigenvalue weighted by atomic mass is 10.2. The summed E-state index contributed by atoms with van der Waals surface area (Å²) < 4.78 is 0. The average Bonchev–Trinajstić information content (AvgIpc) is 2.54. The van der Waals surface area contributed by atoms with Crippen LogP contribution in [-0.4, -0.2) is 10.8 Å². The van der Waals surface area contributed by atoms with E-state index in [4.69, 9.17) is 0 Å². The predicted molar refractivity (Wildman–Crippen MR) is 89.7 cm³/mol. The largest absolute Gasteiger partial charge is 0.290 e. The third-order valence-electron chi connectivity index (χ3n) is 2.36. The fraction of sp³-hybridized carbons (Fsp3) is 0.158. The Morgan fingerprint density at radius 2 is 1.52 bits per heavy atom. The summed E-state index contributed by atoms with van der Waals surface area (Å²) in [6.07, 6.45) is 11.3. The molecule has 2 rings (SSSR count). The quantitative estimate of drug-likeness (QED) is 0.753. The first kappa shape index (κ1) is 16.6. The van der Waals surface area contributed by atoms with Crippen LogP contribution in [0, 0.1) is 0 Å². The highest BCUT2D eigenvalue weighted by atomic mass is 16.1. The van der Waals surface area contributed by atoms with Crippen LogP contribution in [0.25, 0.3) is 12.2 Å². The molecule has 0 aliphatic heterocycles. The van der Waals surface area contributed by atoms with Crippen LogP contribution in [0.2, 0.25) is 0 Å². The summed E-state index contributed by atoms with van der Waals surface area (Å²) in [4.78, 5) is 15.6. The minimum atomic E-state index is -0.0392. The number of hydrogen-bond donors (Lipinski definition) is 0. The minimum absolute atomic E-state index is 0.0392. The number of benzene rings is 1. The summed E-state index contributed by atoms with van der Waals surface area (Å²) in [6.45, 7) is 4.25. The number of pyridine rings is 1. The van der Waals surface area contributed by atoms with Crippen LogP contribution >= 0.6 is 0 Å². The lowest BCUT2D eigenvalue weighted by Crippen LogP contribution is -1.85. The summed E-state index contributed by atoms with van der Waals surface area (Å²) >= 11 is 0. The van der Waals surface area contributed by atoms with Gasteiger partial charge in [-0.15, -0.1) is 0 Å². The number of rotatable bonds is 4. The number of carbonyl (C=O) groups is 1. The number of hydrogen-bond acceptors (Lipinski definition) is 2. The predicted octanol–water partition coefficient (Wildman–Crippen LogP) is 4.79. The SMILES string of the molecule is CCC.O=C(/C=C/c1ccccc1)/C=C/c1cccnc1. The molecule has 1 aromatic heterocycles. The van der Waals surface area contributed by atoms with Gasteiger partial charge in [-0.3, -0.25) is 9.78 Å². The van der Waals surface area contributed by atoms with Crippen molar-refractivity contribution >= 4 is 17.9 Å². The molecule has 21 heavy (non-hydrogen) atoms. The van der Waals surface area contributed by atoms with Crippen LogP contribution < -0.4 is 0 Å². The van der Waals surface area contributed by atoms with Gasteiger partial charge in [0.15, 0.2) is 5.78 Å². The van der Waals surface area contributed by atoms with Gasteiger partial charge in [0.25, 0.3) is 0 Å². The van der Waals surface area contributed by atoms with Gasteiger partial charge in [-0.05, 0) is 35.4 Å². The first-order chi connectivity index (χ1) is 10.3. The number of allylic oxidation sites excluding steroid dienone is 2. The smallest absolute Gasteiger partial charge is 0.178 e. The van der Waals surface area contributed by atoms with Crippen molar-refractivity contribution in [3.05, 3.63) is 78.1 Å². The monoisotopic (exact) mass is 279 g/mol. The lowest BCUT2D eigenvalue weighted by molar-refractivity contribution is -0.110. The molecule has 0 radical (unpaired) electrons. The van der Waals surface area contributed by atoms with E-state index in [-0.39, 0.29) is 5.78 Å². The van der Waals surface area contributed by atoms with Crippen molar-refractivity contribution in [1.82, 2.24) is 4.98 Å². The molecule has 0 aliphatic rings. The highest BCUT2D eigenvalue weighted by Crippen LogP contribution is 2.02. The van der Waals surface area contributed by atoms with Gasteiger partial charge < -0.3 is 0 Å². The Labute approximate surface area is 126 Å². The molecule has 2 heteroatoms. The Morgan fingerprint density at radius 1 is 0.952 bits per heavy atom. The highest BCUT2D eigenvalue weighted by Gasteiger charge is 1.90. The number of carbonyl (C=O) groups excluding carboxylic acids is 1. The molecule has 0 saturated heterocycles. The molecule has 0 aliphatic carbocycles. The molecule has 2 aromatic rings. The van der Waals surface area contributed by atoms with Gasteiger partial charge in [0.1, 0.15) is 0 Å². The van der Waals surface area contributed by atoms with Gasteiger partial charge in [0.2, 0.25) is 0 Å². The Hall–Kier alpha value is -2.48. The maximum absolute atomic E-state index is 11.6. The summed E-state index contributed by atoms with van der Waals surface area (Å²) in [7, 11) is 0. The van der Waals surface area contributed by atoms with Crippen molar-refractivity contribution < 1.29 is 4.79 Å². The third-order valence-corrected chi connectivity index (χ3v) is 2.36. The average molecular weight is 279 g/mol. The fourth-order valence-electron chi connectivity index (χ4n) is 1.45. The summed E-state index contributed by atoms with van der Waals surface area (Å²) in [6, 6.07) is 13.5. The maximum atomic E-state index is 11.6. The zero-order valence-electron chi connectivity index (χ0n) is 12.6. The summed E-state index contributed by atoms with van der Waals surface area (Å²) in [5.74, 6) is -0.0392. The molecule has 1 heterocycles. The Morgan fingerprint density at radius 3 is 2.10 bits per heavy atom. The molecule has 0 unspecified atom stereocenters. The van der Waals surface area contributed by atoms with E-state index in [1.54, 1.807) is 30.6 Å². The molecule has 108 valence electrons. The number of nitrogens with zero attached hydrogens (tertiary/aromatic N) is 1. The van der Waals surface area contributed by atoms with Gasteiger partial charge in [0.05, 0.1) is 0 Å². The second kappa shape index (κ2) is 10.3. The zero-order chi connectivity index (χ0) is 15.3. The molecule has 0 atom stereocenters. The van der Waals surface area contributed by atoms with E-state index in [0.717, 1.165) is 11.1 Å². The molecule has 0 saturated carbocycles. The van der Waals surface area contributed by atoms with Crippen LogP contribution in [0.15, 0.2) is 67.0 Å². The topological polar surface area (TPSA) is 30.0 Å². The first-order valence-corrected chi connectivity index (χ1v) is 7.11. The molecular weight excluding hydrogens is 258 g/mol. The summed E-state index contributed by atoms with van der Waals surface area (Å²) in [5, 5.41) is 0. The standard InChI is InChI=1S/C16H13NO.C3H8/c18-16(10-8-14-5-2-1-3-6-14)11-9-15-7-4-12-17-13-15;1-3-2/h1-13H;3H2,1-2H3/b10-8+,11-9+;.